The monoisotopic (exact) mass is 280 g/mol. The highest BCUT2D eigenvalue weighted by atomic mass is 79.9. The molecule has 1 aliphatic carbocycles. The largest absolute Gasteiger partial charge is 0.293 e. The number of halogens is 1. The Hall–Kier alpha value is -0.630. The average Bonchev–Trinajstić information content (AvgIpc) is 2.82. The molecule has 0 saturated heterocycles. The first kappa shape index (κ1) is 11.8. The zero-order chi connectivity index (χ0) is 11.4. The number of carbonyl (C=O) groups is 1. The number of benzene rings is 1. The topological polar surface area (TPSA) is 17.1 Å². The van der Waals surface area contributed by atoms with Gasteiger partial charge in [-0.1, -0.05) is 71.9 Å². The molecule has 16 heavy (non-hydrogen) atoms. The van der Waals surface area contributed by atoms with Crippen molar-refractivity contribution in [1.29, 1.82) is 0 Å². The first-order valence-corrected chi connectivity index (χ1v) is 6.92. The van der Waals surface area contributed by atoms with Crippen molar-refractivity contribution < 1.29 is 4.79 Å². The summed E-state index contributed by atoms with van der Waals surface area (Å²) in [4.78, 5) is 12.1. The lowest BCUT2D eigenvalue weighted by molar-refractivity contribution is 0.0983. The summed E-state index contributed by atoms with van der Waals surface area (Å²) >= 11 is 3.54. The van der Waals surface area contributed by atoms with E-state index in [1.165, 1.54) is 25.7 Å². The SMILES string of the molecule is O=C(c1ccccc1)C(Br)CC1CCCC1. The highest BCUT2D eigenvalue weighted by molar-refractivity contribution is 9.10. The Kier molecular flexibility index (Phi) is 4.16. The lowest BCUT2D eigenvalue weighted by Crippen LogP contribution is -2.17. The third-order valence-electron chi connectivity index (χ3n) is 3.36. The zero-order valence-corrected chi connectivity index (χ0v) is 10.9. The normalized spacial score (nSPS) is 18.6. The van der Waals surface area contributed by atoms with Crippen molar-refractivity contribution in [2.75, 3.05) is 0 Å². The molecule has 0 heterocycles. The van der Waals surface area contributed by atoms with Gasteiger partial charge in [0.15, 0.2) is 5.78 Å². The van der Waals surface area contributed by atoms with Gasteiger partial charge in [-0.05, 0) is 12.3 Å². The van der Waals surface area contributed by atoms with Gasteiger partial charge in [0, 0.05) is 5.56 Å². The second-order valence-corrected chi connectivity index (χ2v) is 5.69. The maximum absolute atomic E-state index is 12.1. The predicted octanol–water partition coefficient (Wildman–Crippen LogP) is 4.21. The van der Waals surface area contributed by atoms with Crippen LogP contribution in [-0.4, -0.2) is 10.6 Å². The van der Waals surface area contributed by atoms with Crippen LogP contribution >= 0.6 is 15.9 Å². The van der Waals surface area contributed by atoms with Gasteiger partial charge < -0.3 is 0 Å². The molecule has 1 saturated carbocycles. The molecule has 0 bridgehead atoms. The van der Waals surface area contributed by atoms with E-state index in [0.717, 1.165) is 17.9 Å². The molecule has 0 amide bonds. The first-order valence-electron chi connectivity index (χ1n) is 6.00. The minimum Gasteiger partial charge on any atom is -0.293 e. The van der Waals surface area contributed by atoms with Crippen molar-refractivity contribution in [2.45, 2.75) is 36.9 Å². The van der Waals surface area contributed by atoms with Crippen molar-refractivity contribution in [3.8, 4) is 0 Å². The van der Waals surface area contributed by atoms with Gasteiger partial charge in [-0.2, -0.15) is 0 Å². The number of rotatable bonds is 4. The Morgan fingerprint density at radius 1 is 1.25 bits per heavy atom. The molecule has 0 radical (unpaired) electrons. The summed E-state index contributed by atoms with van der Waals surface area (Å²) in [6, 6.07) is 9.57. The van der Waals surface area contributed by atoms with Crippen LogP contribution in [0.1, 0.15) is 42.5 Å². The molecule has 1 fully saturated rings. The second-order valence-electron chi connectivity index (χ2n) is 4.58. The quantitative estimate of drug-likeness (QED) is 0.596. The van der Waals surface area contributed by atoms with Crippen molar-refractivity contribution in [2.24, 2.45) is 5.92 Å². The van der Waals surface area contributed by atoms with E-state index in [2.05, 4.69) is 15.9 Å². The number of alkyl halides is 1. The van der Waals surface area contributed by atoms with Gasteiger partial charge in [-0.15, -0.1) is 0 Å². The summed E-state index contributed by atoms with van der Waals surface area (Å²) in [6.07, 6.45) is 6.26. The fourth-order valence-corrected chi connectivity index (χ4v) is 3.22. The van der Waals surface area contributed by atoms with Gasteiger partial charge >= 0.3 is 0 Å². The van der Waals surface area contributed by atoms with Crippen LogP contribution in [0.25, 0.3) is 0 Å². The Bertz CT molecular complexity index is 341. The first-order chi connectivity index (χ1) is 7.77. The highest BCUT2D eigenvalue weighted by Crippen LogP contribution is 2.31. The van der Waals surface area contributed by atoms with Gasteiger partial charge in [0.25, 0.3) is 0 Å². The molecule has 2 rings (SSSR count). The maximum Gasteiger partial charge on any atom is 0.176 e. The fourth-order valence-electron chi connectivity index (χ4n) is 2.43. The zero-order valence-electron chi connectivity index (χ0n) is 9.36. The average molecular weight is 281 g/mol. The van der Waals surface area contributed by atoms with Crippen LogP contribution < -0.4 is 0 Å². The molecule has 0 aromatic heterocycles. The predicted molar refractivity (Wildman–Crippen MR) is 70.1 cm³/mol. The Labute approximate surface area is 105 Å². The van der Waals surface area contributed by atoms with Crippen molar-refractivity contribution in [3.63, 3.8) is 0 Å². The minimum atomic E-state index is -0.00185. The minimum absolute atomic E-state index is 0.00185. The third-order valence-corrected chi connectivity index (χ3v) is 4.15. The summed E-state index contributed by atoms with van der Waals surface area (Å²) in [6.45, 7) is 0. The molecule has 1 nitrogen and oxygen atoms in total. The molecule has 0 spiro atoms. The summed E-state index contributed by atoms with van der Waals surface area (Å²) in [5.41, 5.74) is 0.822. The smallest absolute Gasteiger partial charge is 0.176 e. The summed E-state index contributed by atoms with van der Waals surface area (Å²) in [5.74, 6) is 0.976. The van der Waals surface area contributed by atoms with Gasteiger partial charge in [0.05, 0.1) is 4.83 Å². The van der Waals surface area contributed by atoms with E-state index in [4.69, 9.17) is 0 Å². The van der Waals surface area contributed by atoms with Gasteiger partial charge in [-0.3, -0.25) is 4.79 Å². The molecule has 1 unspecified atom stereocenters. The molecule has 1 aliphatic rings. The lowest BCUT2D eigenvalue weighted by atomic mass is 9.97. The van der Waals surface area contributed by atoms with Crippen LogP contribution in [-0.2, 0) is 0 Å². The Balaban J connectivity index is 1.94. The Morgan fingerprint density at radius 2 is 1.88 bits per heavy atom. The molecule has 2 heteroatoms. The molecular weight excluding hydrogens is 264 g/mol. The van der Waals surface area contributed by atoms with Gasteiger partial charge in [0.1, 0.15) is 0 Å². The van der Waals surface area contributed by atoms with Crippen LogP contribution in [0.2, 0.25) is 0 Å². The molecule has 1 aromatic rings. The van der Waals surface area contributed by atoms with E-state index in [0.29, 0.717) is 0 Å². The third kappa shape index (κ3) is 2.94. The van der Waals surface area contributed by atoms with Crippen LogP contribution in [0.5, 0.6) is 0 Å². The molecule has 86 valence electrons. The summed E-state index contributed by atoms with van der Waals surface area (Å²) in [5, 5.41) is 0. The summed E-state index contributed by atoms with van der Waals surface area (Å²) in [7, 11) is 0. The van der Waals surface area contributed by atoms with Gasteiger partial charge in [-0.25, -0.2) is 0 Å². The van der Waals surface area contributed by atoms with Crippen LogP contribution in [0.4, 0.5) is 0 Å². The van der Waals surface area contributed by atoms with Crippen LogP contribution in [0.3, 0.4) is 0 Å². The number of Topliss-reactive ketones (excluding diaryl/α,β-unsaturated/α-hetero) is 1. The van der Waals surface area contributed by atoms with E-state index in [1.807, 2.05) is 30.3 Å². The van der Waals surface area contributed by atoms with Crippen molar-refractivity contribution in [3.05, 3.63) is 35.9 Å². The number of hydrogen-bond donors (Lipinski definition) is 0. The Morgan fingerprint density at radius 3 is 2.50 bits per heavy atom. The number of carbonyl (C=O) groups excluding carboxylic acids is 1. The van der Waals surface area contributed by atoms with E-state index in [1.54, 1.807) is 0 Å². The van der Waals surface area contributed by atoms with Crippen molar-refractivity contribution >= 4 is 21.7 Å². The molecule has 0 aliphatic heterocycles. The van der Waals surface area contributed by atoms with E-state index >= 15 is 0 Å². The van der Waals surface area contributed by atoms with Crippen LogP contribution in [0.15, 0.2) is 30.3 Å². The van der Waals surface area contributed by atoms with Crippen LogP contribution in [0, 0.1) is 5.92 Å². The lowest BCUT2D eigenvalue weighted by Gasteiger charge is -2.13. The van der Waals surface area contributed by atoms with E-state index < -0.39 is 0 Å². The molecule has 0 N–H and O–H groups in total. The second kappa shape index (κ2) is 5.62. The van der Waals surface area contributed by atoms with E-state index in [-0.39, 0.29) is 10.6 Å². The van der Waals surface area contributed by atoms with Crippen molar-refractivity contribution in [1.82, 2.24) is 0 Å². The maximum atomic E-state index is 12.1. The molecule has 1 aromatic carbocycles. The number of ketones is 1. The molecule has 1 atom stereocenters. The highest BCUT2D eigenvalue weighted by Gasteiger charge is 2.23. The number of hydrogen-bond acceptors (Lipinski definition) is 1. The summed E-state index contributed by atoms with van der Waals surface area (Å²) < 4.78 is 0. The fraction of sp³-hybridized carbons (Fsp3) is 0.500. The standard InChI is InChI=1S/C14H17BrO/c15-13(10-11-6-4-5-7-11)14(16)12-8-2-1-3-9-12/h1-3,8-9,11,13H,4-7,10H2. The molecular formula is C14H17BrO. The van der Waals surface area contributed by atoms with E-state index in [9.17, 15) is 4.79 Å². The van der Waals surface area contributed by atoms with Gasteiger partial charge in [0.2, 0.25) is 0 Å².